The van der Waals surface area contributed by atoms with E-state index < -0.39 is 23.9 Å². The van der Waals surface area contributed by atoms with Crippen molar-refractivity contribution in [1.29, 1.82) is 0 Å². The lowest BCUT2D eigenvalue weighted by atomic mass is 10.1. The number of anilines is 2. The quantitative estimate of drug-likeness (QED) is 0.864. The number of halogens is 3. The Kier molecular flexibility index (Phi) is 4.94. The maximum Gasteiger partial charge on any atom is 0.419 e. The molecule has 2 heterocycles. The van der Waals surface area contributed by atoms with Gasteiger partial charge in [-0.25, -0.2) is 14.8 Å². The van der Waals surface area contributed by atoms with Gasteiger partial charge in [0, 0.05) is 24.6 Å². The van der Waals surface area contributed by atoms with Crippen LogP contribution in [0.4, 0.5) is 29.6 Å². The third-order valence-corrected chi connectivity index (χ3v) is 3.83. The lowest BCUT2D eigenvalue weighted by Crippen LogP contribution is -2.41. The van der Waals surface area contributed by atoms with E-state index in [9.17, 15) is 18.0 Å². The molecule has 0 spiro atoms. The summed E-state index contributed by atoms with van der Waals surface area (Å²) in [6.07, 6.45) is -4.52. The van der Waals surface area contributed by atoms with Crippen molar-refractivity contribution >= 4 is 17.7 Å². The number of benzene rings is 1. The molecule has 7 nitrogen and oxygen atoms in total. The number of nitrogens with one attached hydrogen (secondary N) is 1. The second kappa shape index (κ2) is 7.16. The van der Waals surface area contributed by atoms with Gasteiger partial charge in [0.1, 0.15) is 6.10 Å². The Morgan fingerprint density at radius 3 is 2.69 bits per heavy atom. The van der Waals surface area contributed by atoms with Gasteiger partial charge in [-0.1, -0.05) is 12.1 Å². The molecule has 138 valence electrons. The Labute approximate surface area is 146 Å². The maximum absolute atomic E-state index is 12.5. The van der Waals surface area contributed by atoms with Crippen LogP contribution >= 0.6 is 0 Å². The molecule has 10 heteroatoms. The molecular weight excluding hydrogens is 353 g/mol. The van der Waals surface area contributed by atoms with Gasteiger partial charge in [-0.15, -0.1) is 0 Å². The molecule has 1 atom stereocenters. The third kappa shape index (κ3) is 4.20. The molecule has 0 aliphatic carbocycles. The van der Waals surface area contributed by atoms with Crippen LogP contribution in [0.2, 0.25) is 0 Å². The second-order valence-corrected chi connectivity index (χ2v) is 5.63. The molecule has 1 saturated heterocycles. The molecule has 1 aliphatic heterocycles. The van der Waals surface area contributed by atoms with E-state index in [-0.39, 0.29) is 19.1 Å². The molecule has 1 aliphatic rings. The lowest BCUT2D eigenvalue weighted by Gasteiger charge is -2.31. The van der Waals surface area contributed by atoms with E-state index in [1.54, 1.807) is 24.3 Å². The van der Waals surface area contributed by atoms with Crippen LogP contribution in [0, 0.1) is 0 Å². The first-order chi connectivity index (χ1) is 12.3. The normalized spacial score (nSPS) is 17.8. The Balaban J connectivity index is 1.72. The summed E-state index contributed by atoms with van der Waals surface area (Å²) in [6, 6.07) is 6.93. The highest BCUT2D eigenvalue weighted by Crippen LogP contribution is 2.29. The molecule has 1 aromatic carbocycles. The molecule has 1 fully saturated rings. The van der Waals surface area contributed by atoms with E-state index in [0.29, 0.717) is 24.6 Å². The number of hydrogen-bond donors (Lipinski definition) is 2. The molecule has 26 heavy (non-hydrogen) atoms. The average Bonchev–Trinajstić information content (AvgIpc) is 2.62. The predicted molar refractivity (Wildman–Crippen MR) is 85.0 cm³/mol. The highest BCUT2D eigenvalue weighted by atomic mass is 19.4. The largest absolute Gasteiger partial charge is 0.465 e. The zero-order valence-corrected chi connectivity index (χ0v) is 13.4. The third-order valence-electron chi connectivity index (χ3n) is 3.83. The van der Waals surface area contributed by atoms with Gasteiger partial charge in [0.2, 0.25) is 5.95 Å². The number of alkyl halides is 3. The number of ether oxygens (including phenoxy) is 1. The van der Waals surface area contributed by atoms with Gasteiger partial charge in [-0.05, 0) is 17.7 Å². The van der Waals surface area contributed by atoms with Crippen molar-refractivity contribution in [2.45, 2.75) is 12.3 Å². The summed E-state index contributed by atoms with van der Waals surface area (Å²) < 4.78 is 43.2. The summed E-state index contributed by atoms with van der Waals surface area (Å²) in [5.41, 5.74) is 0.368. The first-order valence-corrected chi connectivity index (χ1v) is 7.68. The fraction of sp³-hybridized carbons (Fsp3) is 0.312. The molecule has 0 unspecified atom stereocenters. The van der Waals surface area contributed by atoms with Crippen molar-refractivity contribution in [2.75, 3.05) is 25.0 Å². The first-order valence-electron chi connectivity index (χ1n) is 7.68. The van der Waals surface area contributed by atoms with Crippen LogP contribution in [0.5, 0.6) is 0 Å². The Hall–Kier alpha value is -2.88. The Bertz CT molecular complexity index is 783. The minimum atomic E-state index is -4.49. The van der Waals surface area contributed by atoms with E-state index in [0.717, 1.165) is 5.56 Å². The van der Waals surface area contributed by atoms with E-state index in [4.69, 9.17) is 9.84 Å². The second-order valence-electron chi connectivity index (χ2n) is 5.63. The van der Waals surface area contributed by atoms with Gasteiger partial charge in [0.25, 0.3) is 0 Å². The van der Waals surface area contributed by atoms with Crippen molar-refractivity contribution in [1.82, 2.24) is 14.9 Å². The summed E-state index contributed by atoms with van der Waals surface area (Å²) in [5.74, 6) is 0.0203. The van der Waals surface area contributed by atoms with Crippen LogP contribution in [-0.4, -0.2) is 45.8 Å². The van der Waals surface area contributed by atoms with Crippen molar-refractivity contribution in [3.05, 3.63) is 47.8 Å². The lowest BCUT2D eigenvalue weighted by molar-refractivity contribution is -0.138. The van der Waals surface area contributed by atoms with Gasteiger partial charge < -0.3 is 20.1 Å². The fourth-order valence-electron chi connectivity index (χ4n) is 2.51. The van der Waals surface area contributed by atoms with Crippen LogP contribution in [0.3, 0.4) is 0 Å². The van der Waals surface area contributed by atoms with Gasteiger partial charge in [0.15, 0.2) is 0 Å². The monoisotopic (exact) mass is 368 g/mol. The number of hydrogen-bond acceptors (Lipinski definition) is 5. The molecule has 2 aromatic rings. The number of rotatable bonds is 3. The molecule has 1 amide bonds. The van der Waals surface area contributed by atoms with Crippen LogP contribution < -0.4 is 5.32 Å². The van der Waals surface area contributed by atoms with Gasteiger partial charge in [-0.3, -0.25) is 0 Å². The number of carbonyl (C=O) groups is 1. The SMILES string of the molecule is O=C(O)N1CCO[C@@H](c2cccc(Nc3ncc(C(F)(F)F)cn3)c2)C1. The number of aromatic nitrogens is 2. The van der Waals surface area contributed by atoms with Crippen LogP contribution in [0.15, 0.2) is 36.7 Å². The molecule has 1 aromatic heterocycles. The maximum atomic E-state index is 12.5. The van der Waals surface area contributed by atoms with Crippen LogP contribution in [0.25, 0.3) is 0 Å². The zero-order valence-electron chi connectivity index (χ0n) is 13.4. The number of nitrogens with zero attached hydrogens (tertiary/aromatic N) is 3. The van der Waals surface area contributed by atoms with Crippen molar-refractivity contribution in [2.24, 2.45) is 0 Å². The molecule has 3 rings (SSSR count). The van der Waals surface area contributed by atoms with E-state index in [2.05, 4.69) is 15.3 Å². The predicted octanol–water partition coefficient (Wildman–Crippen LogP) is 3.29. The Morgan fingerprint density at radius 1 is 1.31 bits per heavy atom. The molecular formula is C16H15F3N4O3. The number of morpholine rings is 1. The minimum absolute atomic E-state index is 0.0203. The van der Waals surface area contributed by atoms with E-state index >= 15 is 0 Å². The standard InChI is InChI=1S/C16H15F3N4O3/c17-16(18,19)11-7-20-14(21-8-11)22-12-3-1-2-10(6-12)13-9-23(15(24)25)4-5-26-13/h1-3,6-8,13H,4-5,9H2,(H,24,25)(H,20,21,22)/t13-/m1/s1. The van der Waals surface area contributed by atoms with Crippen LogP contribution in [-0.2, 0) is 10.9 Å². The first kappa shape index (κ1) is 17.9. The Morgan fingerprint density at radius 2 is 2.04 bits per heavy atom. The van der Waals surface area contributed by atoms with E-state index in [1.165, 1.54) is 4.90 Å². The number of carboxylic acid groups (broad SMARTS) is 1. The summed E-state index contributed by atoms with van der Waals surface area (Å²) in [5, 5.41) is 11.9. The van der Waals surface area contributed by atoms with E-state index in [1.807, 2.05) is 0 Å². The summed E-state index contributed by atoms with van der Waals surface area (Å²) in [7, 11) is 0. The highest BCUT2D eigenvalue weighted by Gasteiger charge is 2.31. The molecule has 0 bridgehead atoms. The smallest absolute Gasteiger partial charge is 0.419 e. The molecule has 0 radical (unpaired) electrons. The molecule has 2 N–H and O–H groups in total. The van der Waals surface area contributed by atoms with Gasteiger partial charge in [-0.2, -0.15) is 13.2 Å². The number of amides is 1. The van der Waals surface area contributed by atoms with Crippen molar-refractivity contribution in [3.63, 3.8) is 0 Å². The summed E-state index contributed by atoms with van der Waals surface area (Å²) in [6.45, 7) is 0.801. The summed E-state index contributed by atoms with van der Waals surface area (Å²) in [4.78, 5) is 19.7. The van der Waals surface area contributed by atoms with Gasteiger partial charge in [0.05, 0.1) is 18.7 Å². The van der Waals surface area contributed by atoms with Crippen molar-refractivity contribution in [3.8, 4) is 0 Å². The minimum Gasteiger partial charge on any atom is -0.465 e. The molecule has 0 saturated carbocycles. The average molecular weight is 368 g/mol. The fourth-order valence-corrected chi connectivity index (χ4v) is 2.51. The topological polar surface area (TPSA) is 87.6 Å². The summed E-state index contributed by atoms with van der Waals surface area (Å²) >= 11 is 0. The van der Waals surface area contributed by atoms with Crippen LogP contribution in [0.1, 0.15) is 17.2 Å². The zero-order chi connectivity index (χ0) is 18.7. The van der Waals surface area contributed by atoms with Crippen molar-refractivity contribution < 1.29 is 27.8 Å². The van der Waals surface area contributed by atoms with Gasteiger partial charge >= 0.3 is 12.3 Å². The highest BCUT2D eigenvalue weighted by molar-refractivity contribution is 5.65.